The zero-order valence-electron chi connectivity index (χ0n) is 8.70. The Bertz CT molecular complexity index is 347. The normalized spacial score (nSPS) is 12.3. The van der Waals surface area contributed by atoms with E-state index >= 15 is 0 Å². The molecule has 3 nitrogen and oxygen atoms in total. The van der Waals surface area contributed by atoms with Gasteiger partial charge < -0.3 is 10.5 Å². The Labute approximate surface area is 83.9 Å². The Morgan fingerprint density at radius 2 is 2.14 bits per heavy atom. The van der Waals surface area contributed by atoms with E-state index in [1.54, 1.807) is 13.2 Å². The SMILES string of the molecule is COc1ccc(C)c(C(N)C(C)=O)c1. The molecular weight excluding hydrogens is 178 g/mol. The molecule has 0 aliphatic carbocycles. The summed E-state index contributed by atoms with van der Waals surface area (Å²) >= 11 is 0. The third kappa shape index (κ3) is 2.12. The van der Waals surface area contributed by atoms with E-state index in [-0.39, 0.29) is 5.78 Å². The van der Waals surface area contributed by atoms with Crippen molar-refractivity contribution in [2.24, 2.45) is 5.73 Å². The average Bonchev–Trinajstić information content (AvgIpc) is 2.17. The second kappa shape index (κ2) is 4.24. The minimum atomic E-state index is -0.551. The van der Waals surface area contributed by atoms with Crippen molar-refractivity contribution in [1.82, 2.24) is 0 Å². The predicted octanol–water partition coefficient (Wildman–Crippen LogP) is 1.59. The first-order valence-corrected chi connectivity index (χ1v) is 4.47. The maximum absolute atomic E-state index is 11.1. The second-order valence-corrected chi connectivity index (χ2v) is 3.31. The Kier molecular flexibility index (Phi) is 3.25. The van der Waals surface area contributed by atoms with Crippen LogP contribution in [0.1, 0.15) is 24.1 Å². The van der Waals surface area contributed by atoms with Crippen LogP contribution in [0.15, 0.2) is 18.2 Å². The van der Waals surface area contributed by atoms with Crippen molar-refractivity contribution < 1.29 is 9.53 Å². The molecule has 0 fully saturated rings. The van der Waals surface area contributed by atoms with E-state index in [1.165, 1.54) is 6.92 Å². The van der Waals surface area contributed by atoms with Gasteiger partial charge in [-0.15, -0.1) is 0 Å². The number of ketones is 1. The molecule has 1 aromatic carbocycles. The molecule has 0 saturated carbocycles. The van der Waals surface area contributed by atoms with Gasteiger partial charge in [0.05, 0.1) is 13.2 Å². The van der Waals surface area contributed by atoms with Crippen molar-refractivity contribution in [3.63, 3.8) is 0 Å². The largest absolute Gasteiger partial charge is 0.497 e. The van der Waals surface area contributed by atoms with Crippen LogP contribution in [0.3, 0.4) is 0 Å². The summed E-state index contributed by atoms with van der Waals surface area (Å²) in [6.07, 6.45) is 0. The maximum atomic E-state index is 11.1. The van der Waals surface area contributed by atoms with Crippen LogP contribution in [-0.4, -0.2) is 12.9 Å². The van der Waals surface area contributed by atoms with Gasteiger partial charge in [0, 0.05) is 0 Å². The standard InChI is InChI=1S/C11H15NO2/c1-7-4-5-9(14-3)6-10(7)11(12)8(2)13/h4-6,11H,12H2,1-3H3. The Morgan fingerprint density at radius 1 is 1.50 bits per heavy atom. The zero-order chi connectivity index (χ0) is 10.7. The molecule has 0 bridgehead atoms. The highest BCUT2D eigenvalue weighted by molar-refractivity contribution is 5.83. The number of ether oxygens (including phenoxy) is 1. The molecule has 0 aliphatic rings. The molecule has 1 unspecified atom stereocenters. The molecule has 1 rings (SSSR count). The molecule has 0 amide bonds. The monoisotopic (exact) mass is 193 g/mol. The zero-order valence-corrected chi connectivity index (χ0v) is 8.70. The summed E-state index contributed by atoms with van der Waals surface area (Å²) in [4.78, 5) is 11.1. The number of carbonyl (C=O) groups excluding carboxylic acids is 1. The van der Waals surface area contributed by atoms with E-state index in [0.717, 1.165) is 16.9 Å². The van der Waals surface area contributed by atoms with Crippen molar-refractivity contribution in [1.29, 1.82) is 0 Å². The summed E-state index contributed by atoms with van der Waals surface area (Å²) < 4.78 is 5.07. The number of nitrogens with two attached hydrogens (primary N) is 1. The minimum Gasteiger partial charge on any atom is -0.497 e. The van der Waals surface area contributed by atoms with Crippen LogP contribution in [-0.2, 0) is 4.79 Å². The summed E-state index contributed by atoms with van der Waals surface area (Å²) in [5, 5.41) is 0. The first kappa shape index (κ1) is 10.7. The van der Waals surface area contributed by atoms with E-state index in [0.29, 0.717) is 0 Å². The lowest BCUT2D eigenvalue weighted by atomic mass is 9.99. The lowest BCUT2D eigenvalue weighted by Gasteiger charge is -2.12. The number of hydrogen-bond donors (Lipinski definition) is 1. The van der Waals surface area contributed by atoms with Gasteiger partial charge in [-0.3, -0.25) is 4.79 Å². The number of benzene rings is 1. The summed E-state index contributed by atoms with van der Waals surface area (Å²) in [5.74, 6) is 0.684. The minimum absolute atomic E-state index is 0.0404. The third-order valence-electron chi connectivity index (χ3n) is 2.26. The number of methoxy groups -OCH3 is 1. The fourth-order valence-corrected chi connectivity index (χ4v) is 1.30. The van der Waals surface area contributed by atoms with Crippen molar-refractivity contribution in [3.8, 4) is 5.75 Å². The molecule has 3 heteroatoms. The van der Waals surface area contributed by atoms with Gasteiger partial charge in [-0.2, -0.15) is 0 Å². The van der Waals surface area contributed by atoms with E-state index < -0.39 is 6.04 Å². The van der Waals surface area contributed by atoms with E-state index in [9.17, 15) is 4.79 Å². The first-order chi connectivity index (χ1) is 6.56. The summed E-state index contributed by atoms with van der Waals surface area (Å²) in [7, 11) is 1.59. The van der Waals surface area contributed by atoms with E-state index in [1.807, 2.05) is 19.1 Å². The van der Waals surface area contributed by atoms with Gasteiger partial charge in [-0.05, 0) is 37.1 Å². The van der Waals surface area contributed by atoms with Crippen LogP contribution in [0.25, 0.3) is 0 Å². The molecule has 0 radical (unpaired) electrons. The average molecular weight is 193 g/mol. The van der Waals surface area contributed by atoms with Gasteiger partial charge in [0.15, 0.2) is 5.78 Å². The second-order valence-electron chi connectivity index (χ2n) is 3.31. The van der Waals surface area contributed by atoms with Crippen molar-refractivity contribution in [2.45, 2.75) is 19.9 Å². The molecule has 0 heterocycles. The quantitative estimate of drug-likeness (QED) is 0.793. The molecule has 0 saturated heterocycles. The molecule has 0 aliphatic heterocycles. The third-order valence-corrected chi connectivity index (χ3v) is 2.26. The van der Waals surface area contributed by atoms with Crippen LogP contribution in [0.2, 0.25) is 0 Å². The van der Waals surface area contributed by atoms with Crippen LogP contribution in [0, 0.1) is 6.92 Å². The highest BCUT2D eigenvalue weighted by Crippen LogP contribution is 2.22. The number of rotatable bonds is 3. The summed E-state index contributed by atoms with van der Waals surface area (Å²) in [5.41, 5.74) is 7.60. The van der Waals surface area contributed by atoms with E-state index in [4.69, 9.17) is 10.5 Å². The number of carbonyl (C=O) groups is 1. The van der Waals surface area contributed by atoms with E-state index in [2.05, 4.69) is 0 Å². The number of Topliss-reactive ketones (excluding diaryl/α,β-unsaturated/α-hetero) is 1. The number of aryl methyl sites for hydroxylation is 1. The Morgan fingerprint density at radius 3 is 2.64 bits per heavy atom. The summed E-state index contributed by atoms with van der Waals surface area (Å²) in [6, 6.07) is 5.01. The fraction of sp³-hybridized carbons (Fsp3) is 0.364. The maximum Gasteiger partial charge on any atom is 0.150 e. The van der Waals surface area contributed by atoms with Gasteiger partial charge in [-0.25, -0.2) is 0 Å². The number of hydrogen-bond acceptors (Lipinski definition) is 3. The van der Waals surface area contributed by atoms with Crippen molar-refractivity contribution in [2.75, 3.05) is 7.11 Å². The van der Waals surface area contributed by atoms with Crippen LogP contribution < -0.4 is 10.5 Å². The fourth-order valence-electron chi connectivity index (χ4n) is 1.30. The van der Waals surface area contributed by atoms with Crippen LogP contribution in [0.5, 0.6) is 5.75 Å². The smallest absolute Gasteiger partial charge is 0.150 e. The molecule has 0 spiro atoms. The summed E-state index contributed by atoms with van der Waals surface area (Å²) in [6.45, 7) is 3.42. The first-order valence-electron chi connectivity index (χ1n) is 4.47. The highest BCUT2D eigenvalue weighted by atomic mass is 16.5. The molecule has 76 valence electrons. The molecule has 1 atom stereocenters. The Balaban J connectivity index is 3.11. The van der Waals surface area contributed by atoms with Gasteiger partial charge in [0.2, 0.25) is 0 Å². The van der Waals surface area contributed by atoms with Gasteiger partial charge >= 0.3 is 0 Å². The van der Waals surface area contributed by atoms with Gasteiger partial charge in [0.1, 0.15) is 5.75 Å². The van der Waals surface area contributed by atoms with Crippen LogP contribution in [0.4, 0.5) is 0 Å². The van der Waals surface area contributed by atoms with Gasteiger partial charge in [0.25, 0.3) is 0 Å². The molecular formula is C11H15NO2. The lowest BCUT2D eigenvalue weighted by Crippen LogP contribution is -2.19. The topological polar surface area (TPSA) is 52.3 Å². The van der Waals surface area contributed by atoms with Crippen molar-refractivity contribution in [3.05, 3.63) is 29.3 Å². The molecule has 1 aromatic rings. The molecule has 14 heavy (non-hydrogen) atoms. The van der Waals surface area contributed by atoms with Crippen LogP contribution >= 0.6 is 0 Å². The Hall–Kier alpha value is -1.35. The molecule has 2 N–H and O–H groups in total. The highest BCUT2D eigenvalue weighted by Gasteiger charge is 2.13. The van der Waals surface area contributed by atoms with Gasteiger partial charge in [-0.1, -0.05) is 6.07 Å². The van der Waals surface area contributed by atoms with Crippen molar-refractivity contribution >= 4 is 5.78 Å². The molecule has 0 aromatic heterocycles. The lowest BCUT2D eigenvalue weighted by molar-refractivity contribution is -0.118. The predicted molar refractivity (Wildman–Crippen MR) is 55.3 cm³/mol.